The van der Waals surface area contributed by atoms with E-state index in [1.165, 1.54) is 11.3 Å². The van der Waals surface area contributed by atoms with Gasteiger partial charge in [0.1, 0.15) is 5.00 Å². The Balaban J connectivity index is 1.57. The van der Waals surface area contributed by atoms with Crippen molar-refractivity contribution in [1.82, 2.24) is 4.98 Å². The Labute approximate surface area is 219 Å². The molecule has 0 aliphatic heterocycles. The number of nitrogens with zero attached hydrogens (tertiary/aromatic N) is 1. The molecule has 36 heavy (non-hydrogen) atoms. The molecule has 0 bridgehead atoms. The Kier molecular flexibility index (Phi) is 6.35. The van der Waals surface area contributed by atoms with Gasteiger partial charge in [0, 0.05) is 20.8 Å². The van der Waals surface area contributed by atoms with Gasteiger partial charge in [-0.25, -0.2) is 4.98 Å². The third-order valence-electron chi connectivity index (χ3n) is 7.05. The Bertz CT molecular complexity index is 1490. The number of thiophene rings is 1. The van der Waals surface area contributed by atoms with Crippen molar-refractivity contribution in [3.8, 4) is 11.3 Å². The molecule has 0 saturated carbocycles. The monoisotopic (exact) mass is 517 g/mol. The van der Waals surface area contributed by atoms with E-state index in [2.05, 4.69) is 26.1 Å². The molecule has 0 spiro atoms. The normalized spacial score (nSPS) is 15.5. The molecule has 2 aromatic carbocycles. The highest BCUT2D eigenvalue weighted by Gasteiger charge is 2.33. The van der Waals surface area contributed by atoms with E-state index in [1.807, 2.05) is 36.4 Å². The number of rotatable bonds is 4. The number of amides is 2. The molecule has 2 aromatic heterocycles. The molecule has 184 valence electrons. The lowest BCUT2D eigenvalue weighted by Crippen LogP contribution is -2.27. The van der Waals surface area contributed by atoms with Crippen LogP contribution in [0.25, 0.3) is 22.2 Å². The zero-order valence-electron chi connectivity index (χ0n) is 20.5. The van der Waals surface area contributed by atoms with Crippen molar-refractivity contribution in [2.75, 3.05) is 5.32 Å². The van der Waals surface area contributed by atoms with Crippen LogP contribution in [-0.2, 0) is 12.8 Å². The van der Waals surface area contributed by atoms with Crippen LogP contribution in [0, 0.1) is 11.3 Å². The number of primary amides is 1. The summed E-state index contributed by atoms with van der Waals surface area (Å²) in [5.74, 6) is -0.326. The highest BCUT2D eigenvalue weighted by Crippen LogP contribution is 2.44. The number of carbonyl (C=O) groups is 2. The van der Waals surface area contributed by atoms with Gasteiger partial charge in [0.15, 0.2) is 0 Å². The first-order chi connectivity index (χ1) is 17.1. The first kappa shape index (κ1) is 24.5. The van der Waals surface area contributed by atoms with Crippen molar-refractivity contribution in [1.29, 1.82) is 0 Å². The van der Waals surface area contributed by atoms with E-state index in [0.29, 0.717) is 43.7 Å². The van der Waals surface area contributed by atoms with Crippen molar-refractivity contribution >= 4 is 50.7 Å². The molecule has 1 aliphatic rings. The van der Waals surface area contributed by atoms with E-state index in [-0.39, 0.29) is 11.3 Å². The summed E-state index contributed by atoms with van der Waals surface area (Å²) < 4.78 is 0. The number of carbonyl (C=O) groups excluding carboxylic acids is 2. The molecule has 4 aromatic rings. The fourth-order valence-electron chi connectivity index (χ4n) is 4.99. The van der Waals surface area contributed by atoms with Crippen molar-refractivity contribution in [3.05, 3.63) is 81.2 Å². The molecule has 5 rings (SSSR count). The number of aromatic nitrogens is 1. The van der Waals surface area contributed by atoms with Gasteiger partial charge in [0.05, 0.1) is 22.3 Å². The van der Waals surface area contributed by atoms with E-state index in [1.54, 1.807) is 18.2 Å². The minimum atomic E-state index is -0.510. The highest BCUT2D eigenvalue weighted by molar-refractivity contribution is 7.17. The second kappa shape index (κ2) is 9.34. The van der Waals surface area contributed by atoms with Gasteiger partial charge in [-0.1, -0.05) is 62.7 Å². The maximum absolute atomic E-state index is 13.7. The summed E-state index contributed by atoms with van der Waals surface area (Å²) in [7, 11) is 0. The molecule has 2 amide bonds. The summed E-state index contributed by atoms with van der Waals surface area (Å²) in [5, 5.41) is 4.70. The summed E-state index contributed by atoms with van der Waals surface area (Å²) in [6, 6.07) is 16.8. The van der Waals surface area contributed by atoms with Crippen molar-refractivity contribution in [2.45, 2.75) is 40.0 Å². The van der Waals surface area contributed by atoms with Gasteiger partial charge >= 0.3 is 0 Å². The number of pyridine rings is 1. The van der Waals surface area contributed by atoms with Crippen LogP contribution in [0.3, 0.4) is 0 Å². The molecule has 1 atom stereocenters. The van der Waals surface area contributed by atoms with Crippen LogP contribution >= 0.6 is 22.9 Å². The third-order valence-corrected chi connectivity index (χ3v) is 8.45. The van der Waals surface area contributed by atoms with Crippen molar-refractivity contribution in [2.24, 2.45) is 17.1 Å². The second-order valence-corrected chi connectivity index (χ2v) is 12.0. The number of fused-ring (bicyclic) bond motifs is 2. The summed E-state index contributed by atoms with van der Waals surface area (Å²) in [5.41, 5.74) is 10.1. The smallest absolute Gasteiger partial charge is 0.257 e. The van der Waals surface area contributed by atoms with Gasteiger partial charge in [-0.05, 0) is 60.4 Å². The number of hydrogen-bond acceptors (Lipinski definition) is 4. The number of halogens is 1. The number of anilines is 1. The molecule has 7 heteroatoms. The Morgan fingerprint density at radius 2 is 1.86 bits per heavy atom. The van der Waals surface area contributed by atoms with Crippen molar-refractivity contribution in [3.63, 3.8) is 0 Å². The summed E-state index contributed by atoms with van der Waals surface area (Å²) in [6.45, 7) is 6.74. The second-order valence-electron chi connectivity index (χ2n) is 10.4. The quantitative estimate of drug-likeness (QED) is 0.302. The lowest BCUT2D eigenvalue weighted by atomic mass is 9.72. The number of nitrogens with two attached hydrogens (primary N) is 1. The van der Waals surface area contributed by atoms with Crippen LogP contribution in [-0.4, -0.2) is 16.8 Å². The van der Waals surface area contributed by atoms with E-state index in [0.717, 1.165) is 35.3 Å². The molecule has 0 saturated heterocycles. The van der Waals surface area contributed by atoms with E-state index in [4.69, 9.17) is 22.3 Å². The molecule has 0 fully saturated rings. The molecule has 0 radical (unpaired) electrons. The SMILES string of the molecule is CC(C)(C)[C@H]1CCc2c(sc(NC(=O)c3cc(-c4ccccc4)nc4ccc(Cl)cc34)c2C(N)=O)C1. The Morgan fingerprint density at radius 3 is 2.56 bits per heavy atom. The van der Waals surface area contributed by atoms with Gasteiger partial charge in [0.2, 0.25) is 0 Å². The lowest BCUT2D eigenvalue weighted by molar-refractivity contribution is 0.1000. The van der Waals surface area contributed by atoms with Crippen LogP contribution < -0.4 is 11.1 Å². The van der Waals surface area contributed by atoms with Gasteiger partial charge in [-0.15, -0.1) is 11.3 Å². The summed E-state index contributed by atoms with van der Waals surface area (Å²) in [4.78, 5) is 32.1. The van der Waals surface area contributed by atoms with E-state index < -0.39 is 5.91 Å². The van der Waals surface area contributed by atoms with Crippen LogP contribution in [0.15, 0.2) is 54.6 Å². The zero-order valence-corrected chi connectivity index (χ0v) is 22.1. The molecule has 5 nitrogen and oxygen atoms in total. The van der Waals surface area contributed by atoms with Gasteiger partial charge in [-0.2, -0.15) is 0 Å². The maximum atomic E-state index is 13.7. The average molecular weight is 518 g/mol. The number of benzene rings is 2. The largest absolute Gasteiger partial charge is 0.365 e. The van der Waals surface area contributed by atoms with Crippen LogP contribution in [0.2, 0.25) is 5.02 Å². The van der Waals surface area contributed by atoms with Gasteiger partial charge < -0.3 is 11.1 Å². The lowest BCUT2D eigenvalue weighted by Gasteiger charge is -2.33. The fraction of sp³-hybridized carbons (Fsp3) is 0.276. The summed E-state index contributed by atoms with van der Waals surface area (Å²) in [6.07, 6.45) is 2.66. The zero-order chi connectivity index (χ0) is 25.6. The van der Waals surface area contributed by atoms with E-state index >= 15 is 0 Å². The standard InChI is InChI=1S/C29H28ClN3O2S/c1-29(2,3)17-9-11-19-24(13-17)36-28(25(19)26(31)34)33-27(35)21-15-23(16-7-5-4-6-8-16)32-22-12-10-18(30)14-20(21)22/h4-8,10,12,14-15,17H,9,11,13H2,1-3H3,(H2,31,34)(H,33,35)/t17-/m0/s1. The Morgan fingerprint density at radius 1 is 1.11 bits per heavy atom. The van der Waals surface area contributed by atoms with Crippen LogP contribution in [0.1, 0.15) is 58.3 Å². The molecular formula is C29H28ClN3O2S. The van der Waals surface area contributed by atoms with Crippen LogP contribution in [0.5, 0.6) is 0 Å². The van der Waals surface area contributed by atoms with Crippen LogP contribution in [0.4, 0.5) is 5.00 Å². The predicted octanol–water partition coefficient (Wildman–Crippen LogP) is 7.12. The van der Waals surface area contributed by atoms with E-state index in [9.17, 15) is 9.59 Å². The average Bonchev–Trinajstić information content (AvgIpc) is 3.20. The minimum absolute atomic E-state index is 0.168. The fourth-order valence-corrected chi connectivity index (χ4v) is 6.49. The number of hydrogen-bond donors (Lipinski definition) is 2. The predicted molar refractivity (Wildman–Crippen MR) is 148 cm³/mol. The highest BCUT2D eigenvalue weighted by atomic mass is 35.5. The van der Waals surface area contributed by atoms with Gasteiger partial charge in [0.25, 0.3) is 11.8 Å². The molecule has 2 heterocycles. The first-order valence-corrected chi connectivity index (χ1v) is 13.2. The third kappa shape index (κ3) is 4.63. The van der Waals surface area contributed by atoms with Crippen molar-refractivity contribution < 1.29 is 9.59 Å². The molecule has 1 aliphatic carbocycles. The summed E-state index contributed by atoms with van der Waals surface area (Å²) >= 11 is 7.75. The maximum Gasteiger partial charge on any atom is 0.257 e. The topological polar surface area (TPSA) is 85.1 Å². The molecule has 3 N–H and O–H groups in total. The Hall–Kier alpha value is -3.22. The molecular weight excluding hydrogens is 490 g/mol. The first-order valence-electron chi connectivity index (χ1n) is 12.0. The minimum Gasteiger partial charge on any atom is -0.365 e. The molecule has 0 unspecified atom stereocenters. The number of nitrogens with one attached hydrogen (secondary N) is 1. The van der Waals surface area contributed by atoms with Gasteiger partial charge in [-0.3, -0.25) is 9.59 Å².